The van der Waals surface area contributed by atoms with E-state index >= 15 is 0 Å². The van der Waals surface area contributed by atoms with Crippen molar-refractivity contribution in [3.8, 4) is 23.0 Å². The number of aryl methyl sites for hydroxylation is 1. The number of carbonyl (C=O) groups excluding carboxylic acids is 1. The molecule has 3 aliphatic rings. The van der Waals surface area contributed by atoms with Crippen LogP contribution in [0.1, 0.15) is 52.9 Å². The van der Waals surface area contributed by atoms with Crippen LogP contribution in [0.3, 0.4) is 0 Å². The Kier molecular flexibility index (Phi) is 4.07. The van der Waals surface area contributed by atoms with E-state index in [-0.39, 0.29) is 18.1 Å². The van der Waals surface area contributed by atoms with E-state index in [1.807, 2.05) is 19.1 Å². The first-order valence-corrected chi connectivity index (χ1v) is 9.97. The molecule has 4 atom stereocenters. The number of aliphatic hydroxyl groups is 2. The second-order valence-electron chi connectivity index (χ2n) is 8.62. The quantitative estimate of drug-likeness (QED) is 0.744. The molecule has 0 fully saturated rings. The minimum Gasteiger partial charge on any atom is -0.496 e. The third-order valence-corrected chi connectivity index (χ3v) is 6.29. The molecule has 0 aromatic heterocycles. The van der Waals surface area contributed by atoms with Crippen molar-refractivity contribution >= 4 is 5.78 Å². The highest BCUT2D eigenvalue weighted by Gasteiger charge is 2.49. The number of carbonyl (C=O) groups is 1. The van der Waals surface area contributed by atoms with Crippen molar-refractivity contribution in [2.24, 2.45) is 0 Å². The topological polar surface area (TPSA) is 94.5 Å². The van der Waals surface area contributed by atoms with Gasteiger partial charge in [-0.25, -0.2) is 0 Å². The summed E-state index contributed by atoms with van der Waals surface area (Å²) in [5.74, 6) is 1.32. The number of ether oxygens (including phenoxy) is 4. The predicted octanol–water partition coefficient (Wildman–Crippen LogP) is 2.69. The number of benzene rings is 2. The third-order valence-electron chi connectivity index (χ3n) is 6.29. The lowest BCUT2D eigenvalue weighted by molar-refractivity contribution is -0.113. The van der Waals surface area contributed by atoms with E-state index in [9.17, 15) is 15.0 Å². The summed E-state index contributed by atoms with van der Waals surface area (Å²) in [4.78, 5) is 13.5. The Morgan fingerprint density at radius 1 is 1.17 bits per heavy atom. The molecule has 7 heteroatoms. The Balaban J connectivity index is 1.63. The molecule has 3 aliphatic heterocycles. The van der Waals surface area contributed by atoms with Gasteiger partial charge in [0.1, 0.15) is 53.5 Å². The second-order valence-corrected chi connectivity index (χ2v) is 8.62. The summed E-state index contributed by atoms with van der Waals surface area (Å²) >= 11 is 0. The van der Waals surface area contributed by atoms with E-state index in [4.69, 9.17) is 18.9 Å². The lowest BCUT2D eigenvalue weighted by atomic mass is 9.79. The zero-order chi connectivity index (χ0) is 21.4. The number of aliphatic hydroxyl groups excluding tert-OH is 2. The minimum atomic E-state index is -1.23. The van der Waals surface area contributed by atoms with Gasteiger partial charge in [-0.2, -0.15) is 0 Å². The van der Waals surface area contributed by atoms with Crippen molar-refractivity contribution in [1.82, 2.24) is 0 Å². The Morgan fingerprint density at radius 2 is 1.93 bits per heavy atom. The van der Waals surface area contributed by atoms with Crippen LogP contribution >= 0.6 is 0 Å². The molecule has 2 aromatic rings. The van der Waals surface area contributed by atoms with Gasteiger partial charge in [-0.05, 0) is 50.6 Å². The highest BCUT2D eigenvalue weighted by atomic mass is 16.5. The van der Waals surface area contributed by atoms with Crippen molar-refractivity contribution in [2.75, 3.05) is 13.7 Å². The summed E-state index contributed by atoms with van der Waals surface area (Å²) in [6.07, 6.45) is -2.96. The monoisotopic (exact) mass is 412 g/mol. The molecule has 5 rings (SSSR count). The first kappa shape index (κ1) is 19.2. The fourth-order valence-corrected chi connectivity index (χ4v) is 4.62. The summed E-state index contributed by atoms with van der Waals surface area (Å²) in [6.45, 7) is 5.52. The lowest BCUT2D eigenvalue weighted by Gasteiger charge is -2.43. The van der Waals surface area contributed by atoms with E-state index in [0.29, 0.717) is 28.4 Å². The maximum atomic E-state index is 13.5. The molecule has 2 unspecified atom stereocenters. The van der Waals surface area contributed by atoms with Gasteiger partial charge in [0.15, 0.2) is 5.78 Å². The number of ketones is 1. The van der Waals surface area contributed by atoms with Crippen LogP contribution in [0.4, 0.5) is 0 Å². The highest BCUT2D eigenvalue weighted by Crippen LogP contribution is 2.51. The molecule has 0 amide bonds. The van der Waals surface area contributed by atoms with Crippen molar-refractivity contribution < 1.29 is 34.0 Å². The minimum absolute atomic E-state index is 0.119. The molecule has 0 saturated carbocycles. The number of fused-ring (bicyclic) bond motifs is 6. The molecule has 158 valence electrons. The van der Waals surface area contributed by atoms with Crippen molar-refractivity contribution in [1.29, 1.82) is 0 Å². The van der Waals surface area contributed by atoms with Crippen LogP contribution in [0.15, 0.2) is 24.3 Å². The molecular weight excluding hydrogens is 388 g/mol. The maximum Gasteiger partial charge on any atom is 0.178 e. The standard InChI is InChI=1S/C23H24O7/c1-10-7-15-12(8-14(10)27-4)17-16(9-28-15)29-21-11(19(17)24)5-6-13-18(21)20(25)22(26)23(2,3)30-13/h5-8,16-17,20,22,25-26H,9H2,1-4H3/t16-,17+,20?,22?/m1/s1. The maximum absolute atomic E-state index is 13.5. The number of Topliss-reactive ketones (excluding diaryl/α,β-unsaturated/α-hetero) is 1. The van der Waals surface area contributed by atoms with E-state index in [0.717, 1.165) is 11.1 Å². The van der Waals surface area contributed by atoms with Crippen LogP contribution in [0.25, 0.3) is 0 Å². The van der Waals surface area contributed by atoms with Crippen LogP contribution in [-0.2, 0) is 0 Å². The predicted molar refractivity (Wildman–Crippen MR) is 107 cm³/mol. The Bertz CT molecular complexity index is 1060. The van der Waals surface area contributed by atoms with Crippen LogP contribution in [0.2, 0.25) is 0 Å². The molecular formula is C23H24O7. The molecule has 2 N–H and O–H groups in total. The average molecular weight is 412 g/mol. The largest absolute Gasteiger partial charge is 0.496 e. The summed E-state index contributed by atoms with van der Waals surface area (Å²) in [7, 11) is 1.59. The summed E-state index contributed by atoms with van der Waals surface area (Å²) in [6, 6.07) is 7.02. The molecule has 30 heavy (non-hydrogen) atoms. The third kappa shape index (κ3) is 2.55. The second kappa shape index (κ2) is 6.36. The van der Waals surface area contributed by atoms with E-state index in [1.54, 1.807) is 33.1 Å². The molecule has 3 heterocycles. The average Bonchev–Trinajstić information content (AvgIpc) is 2.70. The number of hydrogen-bond acceptors (Lipinski definition) is 7. The van der Waals surface area contributed by atoms with Crippen LogP contribution in [-0.4, -0.2) is 47.5 Å². The molecule has 7 nitrogen and oxygen atoms in total. The Hall–Kier alpha value is -2.77. The van der Waals surface area contributed by atoms with Crippen LogP contribution in [0, 0.1) is 6.92 Å². The van der Waals surface area contributed by atoms with Gasteiger partial charge < -0.3 is 29.2 Å². The normalized spacial score (nSPS) is 28.0. The van der Waals surface area contributed by atoms with E-state index in [1.165, 1.54) is 0 Å². The van der Waals surface area contributed by atoms with Crippen LogP contribution < -0.4 is 18.9 Å². The van der Waals surface area contributed by atoms with Gasteiger partial charge in [0.05, 0.1) is 24.2 Å². The van der Waals surface area contributed by atoms with Gasteiger partial charge >= 0.3 is 0 Å². The van der Waals surface area contributed by atoms with Crippen LogP contribution in [0.5, 0.6) is 23.0 Å². The first-order valence-electron chi connectivity index (χ1n) is 9.97. The summed E-state index contributed by atoms with van der Waals surface area (Å²) in [5, 5.41) is 21.3. The summed E-state index contributed by atoms with van der Waals surface area (Å²) < 4.78 is 23.4. The molecule has 0 saturated heterocycles. The van der Waals surface area contributed by atoms with E-state index < -0.39 is 29.8 Å². The molecule has 0 spiro atoms. The van der Waals surface area contributed by atoms with Gasteiger partial charge in [-0.1, -0.05) is 0 Å². The fraction of sp³-hybridized carbons (Fsp3) is 0.435. The highest BCUT2D eigenvalue weighted by molar-refractivity contribution is 6.06. The zero-order valence-electron chi connectivity index (χ0n) is 17.3. The van der Waals surface area contributed by atoms with Gasteiger partial charge in [0.2, 0.25) is 0 Å². The fourth-order valence-electron chi connectivity index (χ4n) is 4.62. The SMILES string of the molecule is COc1cc2c(cc1C)OC[C@H]1Oc3c(ccc4c3C(O)C(O)C(C)(C)O4)C(=O)[C@@H]21. The van der Waals surface area contributed by atoms with Gasteiger partial charge in [0.25, 0.3) is 0 Å². The number of methoxy groups -OCH3 is 1. The number of rotatable bonds is 1. The lowest BCUT2D eigenvalue weighted by Crippen LogP contribution is -2.49. The molecule has 2 aromatic carbocycles. The Labute approximate surface area is 174 Å². The Morgan fingerprint density at radius 3 is 2.67 bits per heavy atom. The van der Waals surface area contributed by atoms with Crippen molar-refractivity contribution in [3.05, 3.63) is 46.5 Å². The zero-order valence-corrected chi connectivity index (χ0v) is 17.3. The van der Waals surface area contributed by atoms with Gasteiger partial charge in [-0.3, -0.25) is 4.79 Å². The summed E-state index contributed by atoms with van der Waals surface area (Å²) in [5.41, 5.74) is 1.34. The van der Waals surface area contributed by atoms with E-state index in [2.05, 4.69) is 0 Å². The van der Waals surface area contributed by atoms with Crippen molar-refractivity contribution in [2.45, 2.75) is 50.6 Å². The van der Waals surface area contributed by atoms with Gasteiger partial charge in [0, 0.05) is 5.56 Å². The molecule has 0 aliphatic carbocycles. The smallest absolute Gasteiger partial charge is 0.178 e. The number of hydrogen-bond donors (Lipinski definition) is 2. The first-order chi connectivity index (χ1) is 14.2. The molecule has 0 bridgehead atoms. The van der Waals surface area contributed by atoms with Crippen molar-refractivity contribution in [3.63, 3.8) is 0 Å². The van der Waals surface area contributed by atoms with Gasteiger partial charge in [-0.15, -0.1) is 0 Å². The molecule has 0 radical (unpaired) electrons.